The minimum atomic E-state index is -6.32. The van der Waals surface area contributed by atoms with Crippen LogP contribution >= 0.6 is 39.1 Å². The summed E-state index contributed by atoms with van der Waals surface area (Å²) in [7, 11) is 0. The zero-order valence-corrected chi connectivity index (χ0v) is 23.3. The molecule has 1 aromatic heterocycles. The van der Waals surface area contributed by atoms with Crippen LogP contribution in [0, 0.1) is 0 Å². The summed E-state index contributed by atoms with van der Waals surface area (Å²) < 4.78 is 100. The summed E-state index contributed by atoms with van der Waals surface area (Å²) in [4.78, 5) is 12.0. The molecule has 0 radical (unpaired) electrons. The number of carbonyl (C=O) groups excluding carboxylic acids is 1. The van der Waals surface area contributed by atoms with Crippen molar-refractivity contribution in [1.82, 2.24) is 15.1 Å². The van der Waals surface area contributed by atoms with Crippen LogP contribution in [-0.4, -0.2) is 33.8 Å². The van der Waals surface area contributed by atoms with Gasteiger partial charge in [0.1, 0.15) is 11.3 Å². The van der Waals surface area contributed by atoms with Gasteiger partial charge in [-0.1, -0.05) is 45.2 Å². The van der Waals surface area contributed by atoms with E-state index in [1.54, 1.807) is 39.0 Å². The number of amides is 1. The largest absolute Gasteiger partial charge is 0.444 e. The van der Waals surface area contributed by atoms with Crippen LogP contribution in [0.4, 0.5) is 35.5 Å². The number of carbonyl (C=O) groups is 1. The fourth-order valence-corrected chi connectivity index (χ4v) is 4.48. The number of benzene rings is 2. The van der Waals surface area contributed by atoms with Gasteiger partial charge in [-0.2, -0.15) is 31.4 Å². The number of aromatic nitrogens is 2. The van der Waals surface area contributed by atoms with Gasteiger partial charge in [0, 0.05) is 28.3 Å². The molecule has 0 aliphatic carbocycles. The zero-order chi connectivity index (χ0) is 29.6. The topological polar surface area (TPSA) is 56.1 Å². The third-order valence-corrected chi connectivity index (χ3v) is 6.56. The molecule has 1 N–H and O–H groups in total. The number of hydrogen-bond donors (Lipinski definition) is 1. The molecule has 3 rings (SSSR count). The number of halogens is 10. The monoisotopic (exact) mass is 663 g/mol. The minimum Gasteiger partial charge on any atom is -0.444 e. The van der Waals surface area contributed by atoms with Crippen molar-refractivity contribution in [1.29, 1.82) is 0 Å². The molecule has 2 aromatic carbocycles. The lowest BCUT2D eigenvalue weighted by Crippen LogP contribution is -2.50. The maximum atomic E-state index is 14.5. The van der Waals surface area contributed by atoms with Crippen LogP contribution in [0.5, 0.6) is 0 Å². The summed E-state index contributed by atoms with van der Waals surface area (Å²) >= 11 is 15.4. The molecule has 0 aliphatic heterocycles. The Morgan fingerprint density at radius 2 is 1.54 bits per heavy atom. The van der Waals surface area contributed by atoms with Gasteiger partial charge in [0.2, 0.25) is 0 Å². The van der Waals surface area contributed by atoms with E-state index < -0.39 is 45.3 Å². The van der Waals surface area contributed by atoms with E-state index in [1.807, 2.05) is 0 Å². The first-order valence-corrected chi connectivity index (χ1v) is 12.4. The maximum Gasteiger partial charge on any atom is 0.435 e. The zero-order valence-electron chi connectivity index (χ0n) is 20.2. The predicted octanol–water partition coefficient (Wildman–Crippen LogP) is 8.92. The molecule has 0 atom stereocenters. The SMILES string of the molecule is CC(C)(C)OC(=O)NCc1cc(-c2cnn(-c3c(Cl)cc(C(F)(C(F)(F)F)C(F)(F)F)cc3Cl)c2)ccc1Br. The summed E-state index contributed by atoms with van der Waals surface area (Å²) in [6.45, 7) is 5.24. The van der Waals surface area contributed by atoms with Crippen LogP contribution in [0.2, 0.25) is 10.0 Å². The van der Waals surface area contributed by atoms with E-state index in [1.165, 1.54) is 12.4 Å². The molecule has 1 heterocycles. The highest BCUT2D eigenvalue weighted by molar-refractivity contribution is 9.10. The summed E-state index contributed by atoms with van der Waals surface area (Å²) in [5.74, 6) is 0. The highest BCUT2D eigenvalue weighted by Gasteiger charge is 2.73. The third kappa shape index (κ3) is 6.63. The fourth-order valence-electron chi connectivity index (χ4n) is 3.44. The van der Waals surface area contributed by atoms with Crippen molar-refractivity contribution in [2.75, 3.05) is 0 Å². The molecule has 0 unspecified atom stereocenters. The van der Waals surface area contributed by atoms with Crippen LogP contribution in [0.3, 0.4) is 0 Å². The number of alkyl halides is 7. The summed E-state index contributed by atoms with van der Waals surface area (Å²) in [6, 6.07) is 5.52. The molecule has 0 bridgehead atoms. The number of ether oxygens (including phenoxy) is 1. The number of hydrogen-bond acceptors (Lipinski definition) is 3. The van der Waals surface area contributed by atoms with Gasteiger partial charge in [0.05, 0.1) is 16.2 Å². The first-order chi connectivity index (χ1) is 17.7. The molecular weight excluding hydrogens is 646 g/mol. The average Bonchev–Trinajstić information content (AvgIpc) is 3.24. The fraction of sp³-hybridized carbons (Fsp3) is 0.333. The maximum absolute atomic E-state index is 14.5. The molecule has 39 heavy (non-hydrogen) atoms. The molecule has 0 saturated heterocycles. The molecule has 0 aliphatic rings. The molecular formula is C24H19BrCl2F7N3O2. The number of alkyl carbamates (subject to hydrolysis) is 1. The first kappa shape index (κ1) is 31.0. The summed E-state index contributed by atoms with van der Waals surface area (Å²) in [5.41, 5.74) is -6.75. The molecule has 1 amide bonds. The quantitative estimate of drug-likeness (QED) is 0.277. The second-order valence-electron chi connectivity index (χ2n) is 9.28. The molecule has 3 aromatic rings. The third-order valence-electron chi connectivity index (χ3n) is 5.21. The van der Waals surface area contributed by atoms with E-state index in [4.69, 9.17) is 27.9 Å². The Bertz CT molecular complexity index is 1350. The van der Waals surface area contributed by atoms with Crippen LogP contribution in [0.25, 0.3) is 16.8 Å². The number of rotatable bonds is 5. The van der Waals surface area contributed by atoms with E-state index >= 15 is 0 Å². The Morgan fingerprint density at radius 3 is 2.05 bits per heavy atom. The van der Waals surface area contributed by atoms with E-state index in [9.17, 15) is 35.5 Å². The van der Waals surface area contributed by atoms with Crippen molar-refractivity contribution >= 4 is 45.2 Å². The number of nitrogens with one attached hydrogen (secondary N) is 1. The van der Waals surface area contributed by atoms with Gasteiger partial charge in [-0.05, 0) is 56.2 Å². The van der Waals surface area contributed by atoms with E-state index in [-0.39, 0.29) is 24.4 Å². The van der Waals surface area contributed by atoms with Crippen LogP contribution in [0.15, 0.2) is 47.2 Å². The predicted molar refractivity (Wildman–Crippen MR) is 135 cm³/mol. The van der Waals surface area contributed by atoms with Gasteiger partial charge < -0.3 is 10.1 Å². The van der Waals surface area contributed by atoms with Crippen LogP contribution in [0.1, 0.15) is 31.9 Å². The van der Waals surface area contributed by atoms with Gasteiger partial charge >= 0.3 is 24.1 Å². The molecule has 0 spiro atoms. The highest BCUT2D eigenvalue weighted by atomic mass is 79.9. The van der Waals surface area contributed by atoms with E-state index in [0.29, 0.717) is 21.2 Å². The van der Waals surface area contributed by atoms with Gasteiger partial charge in [0.25, 0.3) is 0 Å². The Kier molecular flexibility index (Phi) is 8.60. The van der Waals surface area contributed by atoms with Gasteiger partial charge in [-0.15, -0.1) is 0 Å². The second-order valence-corrected chi connectivity index (χ2v) is 10.9. The van der Waals surface area contributed by atoms with Crippen LogP contribution in [-0.2, 0) is 17.0 Å². The standard InChI is InChI=1S/C24H19BrCl2F7N3O2/c1-21(2,3)39-20(38)35-9-13-6-12(4-5-16(13)25)14-10-36-37(11-14)19-17(26)7-15(8-18(19)27)22(28,23(29,30)31)24(32,33)34/h4-8,10-11H,9H2,1-3H3,(H,35,38). The lowest BCUT2D eigenvalue weighted by Gasteiger charge is -2.30. The first-order valence-electron chi connectivity index (χ1n) is 10.9. The van der Waals surface area contributed by atoms with Gasteiger partial charge in [-0.3, -0.25) is 0 Å². The lowest BCUT2D eigenvalue weighted by atomic mass is 9.94. The lowest BCUT2D eigenvalue weighted by molar-refractivity contribution is -0.348. The van der Waals surface area contributed by atoms with Crippen molar-refractivity contribution in [3.63, 3.8) is 0 Å². The molecule has 15 heteroatoms. The Balaban J connectivity index is 1.94. The summed E-state index contributed by atoms with van der Waals surface area (Å²) in [6.07, 6.45) is -10.6. The Morgan fingerprint density at radius 1 is 0.974 bits per heavy atom. The van der Waals surface area contributed by atoms with E-state index in [2.05, 4.69) is 26.3 Å². The molecule has 0 saturated carbocycles. The smallest absolute Gasteiger partial charge is 0.435 e. The van der Waals surface area contributed by atoms with Crippen molar-refractivity contribution in [2.24, 2.45) is 0 Å². The van der Waals surface area contributed by atoms with Crippen molar-refractivity contribution < 1.29 is 40.3 Å². The average molecular weight is 665 g/mol. The van der Waals surface area contributed by atoms with E-state index in [0.717, 1.165) is 4.68 Å². The molecule has 5 nitrogen and oxygen atoms in total. The second kappa shape index (κ2) is 10.8. The Labute approximate surface area is 236 Å². The van der Waals surface area contributed by atoms with Crippen molar-refractivity contribution in [3.05, 3.63) is 68.4 Å². The van der Waals surface area contributed by atoms with Crippen molar-refractivity contribution in [2.45, 2.75) is 50.9 Å². The minimum absolute atomic E-state index is 0.0972. The van der Waals surface area contributed by atoms with Crippen LogP contribution < -0.4 is 5.32 Å². The molecule has 0 fully saturated rings. The van der Waals surface area contributed by atoms with Crippen molar-refractivity contribution in [3.8, 4) is 16.8 Å². The summed E-state index contributed by atoms with van der Waals surface area (Å²) in [5, 5.41) is 5.28. The van der Waals surface area contributed by atoms with Gasteiger partial charge in [-0.25, -0.2) is 13.9 Å². The number of nitrogens with zero attached hydrogens (tertiary/aromatic N) is 2. The molecule has 212 valence electrons. The highest BCUT2D eigenvalue weighted by Crippen LogP contribution is 2.54. The van der Waals surface area contributed by atoms with Gasteiger partial charge in [0.15, 0.2) is 0 Å². The Hall–Kier alpha value is -2.51. The normalized spacial score (nSPS) is 12.9.